The standard InChI is InChI=1S/C26H28FN3O4S/c1-20-18-22(12-13-25(20)34-2)35(32,33)30(21-8-4-3-5-9-21)19-26(31)29-16-14-28(15-17-29)24-11-7-6-10-23(24)27/h3-13,18H,14-17,19H2,1-2H3. The molecule has 1 fully saturated rings. The molecule has 9 heteroatoms. The molecular weight excluding hydrogens is 469 g/mol. The van der Waals surface area contributed by atoms with Gasteiger partial charge in [-0.25, -0.2) is 12.8 Å². The largest absolute Gasteiger partial charge is 0.496 e. The van der Waals surface area contributed by atoms with Gasteiger partial charge in [0, 0.05) is 26.2 Å². The number of halogens is 1. The summed E-state index contributed by atoms with van der Waals surface area (Å²) >= 11 is 0. The van der Waals surface area contributed by atoms with Crippen LogP contribution < -0.4 is 13.9 Å². The van der Waals surface area contributed by atoms with E-state index in [1.807, 2.05) is 4.90 Å². The molecule has 3 aromatic carbocycles. The molecule has 0 aliphatic carbocycles. The molecule has 1 aliphatic heterocycles. The second-order valence-corrected chi connectivity index (χ2v) is 10.2. The van der Waals surface area contributed by atoms with E-state index in [1.165, 1.54) is 19.2 Å². The Kier molecular flexibility index (Phi) is 7.25. The summed E-state index contributed by atoms with van der Waals surface area (Å²) in [4.78, 5) is 16.8. The number of aryl methyl sites for hydroxylation is 1. The molecule has 7 nitrogen and oxygen atoms in total. The molecule has 0 unspecified atom stereocenters. The molecular formula is C26H28FN3O4S. The number of carbonyl (C=O) groups is 1. The third-order valence-electron chi connectivity index (χ3n) is 6.10. The van der Waals surface area contributed by atoms with Crippen molar-refractivity contribution in [2.75, 3.05) is 49.0 Å². The Morgan fingerprint density at radius 1 is 0.971 bits per heavy atom. The van der Waals surface area contributed by atoms with Crippen molar-refractivity contribution >= 4 is 27.3 Å². The van der Waals surface area contributed by atoms with Gasteiger partial charge < -0.3 is 14.5 Å². The summed E-state index contributed by atoms with van der Waals surface area (Å²) in [5, 5.41) is 0. The van der Waals surface area contributed by atoms with Crippen molar-refractivity contribution in [3.05, 3.63) is 84.2 Å². The summed E-state index contributed by atoms with van der Waals surface area (Å²) in [6.45, 7) is 3.10. The second kappa shape index (κ2) is 10.4. The number of piperazine rings is 1. The van der Waals surface area contributed by atoms with Gasteiger partial charge in [0.2, 0.25) is 5.91 Å². The number of rotatable bonds is 7. The number of anilines is 2. The number of methoxy groups -OCH3 is 1. The maximum absolute atomic E-state index is 14.2. The van der Waals surface area contributed by atoms with E-state index in [0.29, 0.717) is 48.9 Å². The predicted molar refractivity (Wildman–Crippen MR) is 134 cm³/mol. The molecule has 1 heterocycles. The van der Waals surface area contributed by atoms with Crippen molar-refractivity contribution in [3.8, 4) is 5.75 Å². The molecule has 0 aromatic heterocycles. The summed E-state index contributed by atoms with van der Waals surface area (Å²) < 4.78 is 47.8. The number of hydrogen-bond donors (Lipinski definition) is 0. The van der Waals surface area contributed by atoms with E-state index >= 15 is 0 Å². The van der Waals surface area contributed by atoms with E-state index in [-0.39, 0.29) is 23.2 Å². The summed E-state index contributed by atoms with van der Waals surface area (Å²) in [6.07, 6.45) is 0. The van der Waals surface area contributed by atoms with Crippen LogP contribution >= 0.6 is 0 Å². The monoisotopic (exact) mass is 497 g/mol. The first-order chi connectivity index (χ1) is 16.8. The molecule has 1 saturated heterocycles. The van der Waals surface area contributed by atoms with Gasteiger partial charge in [-0.15, -0.1) is 0 Å². The topological polar surface area (TPSA) is 70.2 Å². The number of para-hydroxylation sites is 2. The highest BCUT2D eigenvalue weighted by molar-refractivity contribution is 7.92. The first-order valence-corrected chi connectivity index (χ1v) is 12.7. The summed E-state index contributed by atoms with van der Waals surface area (Å²) in [6, 6.07) is 19.8. The molecule has 1 amide bonds. The van der Waals surface area contributed by atoms with E-state index < -0.39 is 10.0 Å². The average Bonchev–Trinajstić information content (AvgIpc) is 2.88. The summed E-state index contributed by atoms with van der Waals surface area (Å²) in [5.41, 5.74) is 1.58. The molecule has 0 bridgehead atoms. The van der Waals surface area contributed by atoms with Gasteiger partial charge in [0.15, 0.2) is 0 Å². The van der Waals surface area contributed by atoms with Gasteiger partial charge in [-0.1, -0.05) is 30.3 Å². The van der Waals surface area contributed by atoms with Crippen LogP contribution in [0.3, 0.4) is 0 Å². The Balaban J connectivity index is 1.54. The number of nitrogens with zero attached hydrogens (tertiary/aromatic N) is 3. The van der Waals surface area contributed by atoms with Crippen molar-refractivity contribution in [3.63, 3.8) is 0 Å². The maximum Gasteiger partial charge on any atom is 0.264 e. The molecule has 0 N–H and O–H groups in total. The van der Waals surface area contributed by atoms with Gasteiger partial charge in [-0.2, -0.15) is 0 Å². The molecule has 1 aliphatic rings. The van der Waals surface area contributed by atoms with Crippen LogP contribution in [0, 0.1) is 12.7 Å². The van der Waals surface area contributed by atoms with Crippen LogP contribution in [0.25, 0.3) is 0 Å². The van der Waals surface area contributed by atoms with E-state index in [4.69, 9.17) is 4.74 Å². The minimum atomic E-state index is -4.02. The lowest BCUT2D eigenvalue weighted by molar-refractivity contribution is -0.129. The Bertz CT molecular complexity index is 1290. The van der Waals surface area contributed by atoms with Crippen molar-refractivity contribution in [2.45, 2.75) is 11.8 Å². The first kappa shape index (κ1) is 24.5. The average molecular weight is 498 g/mol. The van der Waals surface area contributed by atoms with Crippen molar-refractivity contribution in [1.29, 1.82) is 0 Å². The minimum absolute atomic E-state index is 0.0804. The molecule has 0 radical (unpaired) electrons. The normalized spacial score (nSPS) is 14.0. The van der Waals surface area contributed by atoms with Crippen molar-refractivity contribution in [1.82, 2.24) is 4.90 Å². The zero-order chi connectivity index (χ0) is 25.0. The van der Waals surface area contributed by atoms with Crippen molar-refractivity contribution in [2.24, 2.45) is 0 Å². The van der Waals surface area contributed by atoms with Crippen LogP contribution in [-0.4, -0.2) is 59.1 Å². The highest BCUT2D eigenvalue weighted by Gasteiger charge is 2.31. The van der Waals surface area contributed by atoms with Gasteiger partial charge in [-0.3, -0.25) is 9.10 Å². The molecule has 0 saturated carbocycles. The lowest BCUT2D eigenvalue weighted by atomic mass is 10.2. The van der Waals surface area contributed by atoms with Crippen molar-refractivity contribution < 1.29 is 22.3 Å². The van der Waals surface area contributed by atoms with Crippen LogP contribution in [0.5, 0.6) is 5.75 Å². The zero-order valence-corrected chi connectivity index (χ0v) is 20.5. The van der Waals surface area contributed by atoms with Crippen LogP contribution in [0.2, 0.25) is 0 Å². The van der Waals surface area contributed by atoms with Crippen LogP contribution in [0.1, 0.15) is 5.56 Å². The SMILES string of the molecule is COc1ccc(S(=O)(=O)N(CC(=O)N2CCN(c3ccccc3F)CC2)c2ccccc2)cc1C. The van der Waals surface area contributed by atoms with Crippen LogP contribution in [0.4, 0.5) is 15.8 Å². The molecule has 35 heavy (non-hydrogen) atoms. The number of amides is 1. The summed E-state index contributed by atoms with van der Waals surface area (Å²) in [5.74, 6) is -0.0294. The lowest BCUT2D eigenvalue weighted by Crippen LogP contribution is -2.52. The lowest BCUT2D eigenvalue weighted by Gasteiger charge is -2.37. The predicted octanol–water partition coefficient (Wildman–Crippen LogP) is 3.69. The minimum Gasteiger partial charge on any atom is -0.496 e. The maximum atomic E-state index is 14.2. The quantitative estimate of drug-likeness (QED) is 0.498. The Labute approximate surface area is 205 Å². The number of hydrogen-bond acceptors (Lipinski definition) is 5. The second-order valence-electron chi connectivity index (χ2n) is 8.30. The molecule has 4 rings (SSSR count). The van der Waals surface area contributed by atoms with E-state index in [9.17, 15) is 17.6 Å². The fourth-order valence-electron chi connectivity index (χ4n) is 4.18. The van der Waals surface area contributed by atoms with Gasteiger partial charge in [-0.05, 0) is 55.0 Å². The number of carbonyl (C=O) groups excluding carboxylic acids is 1. The number of ether oxygens (including phenoxy) is 1. The molecule has 0 atom stereocenters. The van der Waals surface area contributed by atoms with Crippen LogP contribution in [0.15, 0.2) is 77.7 Å². The Morgan fingerprint density at radius 3 is 2.26 bits per heavy atom. The zero-order valence-electron chi connectivity index (χ0n) is 19.7. The first-order valence-electron chi connectivity index (χ1n) is 11.3. The van der Waals surface area contributed by atoms with E-state index in [1.54, 1.807) is 72.5 Å². The molecule has 3 aromatic rings. The summed E-state index contributed by atoms with van der Waals surface area (Å²) in [7, 11) is -2.50. The number of benzene rings is 3. The van der Waals surface area contributed by atoms with Gasteiger partial charge in [0.25, 0.3) is 10.0 Å². The Hall–Kier alpha value is -3.59. The van der Waals surface area contributed by atoms with E-state index in [2.05, 4.69) is 0 Å². The smallest absolute Gasteiger partial charge is 0.264 e. The third-order valence-corrected chi connectivity index (χ3v) is 7.87. The highest BCUT2D eigenvalue weighted by atomic mass is 32.2. The highest BCUT2D eigenvalue weighted by Crippen LogP contribution is 2.28. The fraction of sp³-hybridized carbons (Fsp3) is 0.269. The van der Waals surface area contributed by atoms with E-state index in [0.717, 1.165) is 4.31 Å². The fourth-order valence-corrected chi connectivity index (χ4v) is 5.68. The third kappa shape index (κ3) is 5.24. The molecule has 0 spiro atoms. The van der Waals surface area contributed by atoms with Crippen LogP contribution in [-0.2, 0) is 14.8 Å². The van der Waals surface area contributed by atoms with Gasteiger partial charge >= 0.3 is 0 Å². The van der Waals surface area contributed by atoms with Gasteiger partial charge in [0.05, 0.1) is 23.4 Å². The Morgan fingerprint density at radius 2 is 1.63 bits per heavy atom. The van der Waals surface area contributed by atoms with Gasteiger partial charge in [0.1, 0.15) is 18.1 Å². The number of sulfonamides is 1. The molecule has 184 valence electrons.